The highest BCUT2D eigenvalue weighted by molar-refractivity contribution is 7.89. The smallest absolute Gasteiger partial charge is 0.213 e. The molecule has 0 amide bonds. The molecule has 0 atom stereocenters. The van der Waals surface area contributed by atoms with Crippen LogP contribution in [0.15, 0.2) is 35.3 Å². The monoisotopic (exact) mass is 436 g/mol. The Hall–Kier alpha value is -1.60. The van der Waals surface area contributed by atoms with Gasteiger partial charge in [0.1, 0.15) is 0 Å². The highest BCUT2D eigenvalue weighted by atomic mass is 32.2. The van der Waals surface area contributed by atoms with Crippen LogP contribution in [0.1, 0.15) is 58.9 Å². The summed E-state index contributed by atoms with van der Waals surface area (Å²) in [5, 5.41) is 6.86. The number of aliphatic imine (C=N–C) groups is 1. The molecule has 1 saturated heterocycles. The zero-order chi connectivity index (χ0) is 22.0. The van der Waals surface area contributed by atoms with Crippen molar-refractivity contribution in [2.45, 2.75) is 65.8 Å². The lowest BCUT2D eigenvalue weighted by atomic mass is 9.86. The Labute approximate surface area is 183 Å². The highest BCUT2D eigenvalue weighted by Crippen LogP contribution is 2.24. The fourth-order valence-corrected chi connectivity index (χ4v) is 4.89. The van der Waals surface area contributed by atoms with Crippen LogP contribution in [0.3, 0.4) is 0 Å². The maximum absolute atomic E-state index is 12.0. The van der Waals surface area contributed by atoms with E-state index in [1.165, 1.54) is 5.56 Å². The summed E-state index contributed by atoms with van der Waals surface area (Å²) in [5.74, 6) is 1.01. The van der Waals surface area contributed by atoms with Gasteiger partial charge in [-0.2, -0.15) is 0 Å². The van der Waals surface area contributed by atoms with Gasteiger partial charge < -0.3 is 10.6 Å². The average molecular weight is 437 g/mol. The van der Waals surface area contributed by atoms with Crippen LogP contribution in [0, 0.1) is 5.41 Å². The van der Waals surface area contributed by atoms with Crippen molar-refractivity contribution in [1.29, 1.82) is 0 Å². The normalized spacial score (nSPS) is 17.1. The largest absolute Gasteiger partial charge is 0.357 e. The van der Waals surface area contributed by atoms with Crippen molar-refractivity contribution in [2.24, 2.45) is 10.4 Å². The van der Waals surface area contributed by atoms with Gasteiger partial charge in [-0.25, -0.2) is 12.7 Å². The molecule has 0 unspecified atom stereocenters. The van der Waals surface area contributed by atoms with Crippen molar-refractivity contribution < 1.29 is 8.42 Å². The lowest BCUT2D eigenvalue weighted by Crippen LogP contribution is -2.50. The van der Waals surface area contributed by atoms with E-state index < -0.39 is 10.0 Å². The van der Waals surface area contributed by atoms with E-state index in [4.69, 9.17) is 4.99 Å². The van der Waals surface area contributed by atoms with Crippen LogP contribution in [0.4, 0.5) is 0 Å². The third-order valence-corrected chi connectivity index (χ3v) is 7.61. The number of aryl methyl sites for hydroxylation is 1. The molecule has 1 aliphatic heterocycles. The van der Waals surface area contributed by atoms with Crippen LogP contribution < -0.4 is 10.6 Å². The second-order valence-electron chi connectivity index (χ2n) is 8.92. The van der Waals surface area contributed by atoms with Crippen molar-refractivity contribution in [3.63, 3.8) is 0 Å². The predicted octanol–water partition coefficient (Wildman–Crippen LogP) is 3.40. The summed E-state index contributed by atoms with van der Waals surface area (Å²) in [5.41, 5.74) is 1.53. The second-order valence-corrected chi connectivity index (χ2v) is 11.2. The molecule has 1 aromatic carbocycles. The van der Waals surface area contributed by atoms with Gasteiger partial charge in [-0.05, 0) is 56.9 Å². The molecule has 1 fully saturated rings. The van der Waals surface area contributed by atoms with Gasteiger partial charge in [0.25, 0.3) is 0 Å². The standard InChI is InChI=1S/C23H40N4O2S/c1-5-24-22(26-21-14-17-27(18-15-21)30(28,29)6-2)25-19-23(3,4)16-10-13-20-11-8-7-9-12-20/h7-9,11-12,21H,5-6,10,13-19H2,1-4H3,(H2,24,25,26). The number of sulfonamides is 1. The molecule has 2 rings (SSSR count). The quantitative estimate of drug-likeness (QED) is 0.435. The molecule has 0 aliphatic carbocycles. The summed E-state index contributed by atoms with van der Waals surface area (Å²) in [7, 11) is -3.08. The molecule has 0 aromatic heterocycles. The molecule has 30 heavy (non-hydrogen) atoms. The Morgan fingerprint density at radius 1 is 1.17 bits per heavy atom. The molecule has 0 radical (unpaired) electrons. The van der Waals surface area contributed by atoms with E-state index in [2.05, 4.69) is 61.7 Å². The van der Waals surface area contributed by atoms with Crippen molar-refractivity contribution in [1.82, 2.24) is 14.9 Å². The summed E-state index contributed by atoms with van der Waals surface area (Å²) < 4.78 is 25.7. The third kappa shape index (κ3) is 8.26. The van der Waals surface area contributed by atoms with Crippen LogP contribution >= 0.6 is 0 Å². The van der Waals surface area contributed by atoms with E-state index >= 15 is 0 Å². The van der Waals surface area contributed by atoms with E-state index in [0.717, 1.165) is 51.2 Å². The molecule has 1 heterocycles. The van der Waals surface area contributed by atoms with Gasteiger partial charge in [-0.3, -0.25) is 4.99 Å². The third-order valence-electron chi connectivity index (χ3n) is 5.72. The molecule has 1 aromatic rings. The number of rotatable bonds is 10. The summed E-state index contributed by atoms with van der Waals surface area (Å²) in [6, 6.07) is 10.9. The summed E-state index contributed by atoms with van der Waals surface area (Å²) in [6.07, 6.45) is 5.00. The Morgan fingerprint density at radius 3 is 2.43 bits per heavy atom. The van der Waals surface area contributed by atoms with Gasteiger partial charge >= 0.3 is 0 Å². The van der Waals surface area contributed by atoms with Gasteiger partial charge in [0, 0.05) is 32.2 Å². The molecule has 0 bridgehead atoms. The first kappa shape index (κ1) is 24.7. The Morgan fingerprint density at radius 2 is 1.83 bits per heavy atom. The number of nitrogens with zero attached hydrogens (tertiary/aromatic N) is 2. The van der Waals surface area contributed by atoms with Gasteiger partial charge in [0.15, 0.2) is 5.96 Å². The van der Waals surface area contributed by atoms with E-state index in [1.54, 1.807) is 11.2 Å². The minimum absolute atomic E-state index is 0.135. The summed E-state index contributed by atoms with van der Waals surface area (Å²) in [4.78, 5) is 4.85. The van der Waals surface area contributed by atoms with E-state index in [-0.39, 0.29) is 17.2 Å². The maximum Gasteiger partial charge on any atom is 0.213 e. The minimum Gasteiger partial charge on any atom is -0.357 e. The number of benzene rings is 1. The minimum atomic E-state index is -3.08. The van der Waals surface area contributed by atoms with E-state index in [9.17, 15) is 8.42 Å². The van der Waals surface area contributed by atoms with Gasteiger partial charge in [0.05, 0.1) is 5.75 Å². The first-order valence-corrected chi connectivity index (χ1v) is 12.9. The Bertz CT molecular complexity index is 755. The molecule has 0 spiro atoms. The van der Waals surface area contributed by atoms with Crippen LogP contribution in [-0.4, -0.2) is 56.7 Å². The summed E-state index contributed by atoms with van der Waals surface area (Å²) >= 11 is 0. The lowest BCUT2D eigenvalue weighted by molar-refractivity contribution is 0.305. The number of hydrogen-bond donors (Lipinski definition) is 2. The lowest BCUT2D eigenvalue weighted by Gasteiger charge is -2.32. The zero-order valence-electron chi connectivity index (χ0n) is 19.2. The second kappa shape index (κ2) is 11.7. The fraction of sp³-hybridized carbons (Fsp3) is 0.696. The maximum atomic E-state index is 12.0. The fourth-order valence-electron chi connectivity index (χ4n) is 3.76. The van der Waals surface area contributed by atoms with Crippen LogP contribution in [0.5, 0.6) is 0 Å². The molecular formula is C23H40N4O2S. The molecule has 2 N–H and O–H groups in total. The molecule has 6 nitrogen and oxygen atoms in total. The van der Waals surface area contributed by atoms with Gasteiger partial charge in [0.2, 0.25) is 10.0 Å². The van der Waals surface area contributed by atoms with Crippen LogP contribution in [0.2, 0.25) is 0 Å². The van der Waals surface area contributed by atoms with Crippen LogP contribution in [-0.2, 0) is 16.4 Å². The topological polar surface area (TPSA) is 73.8 Å². The molecular weight excluding hydrogens is 396 g/mol. The average Bonchev–Trinajstić information content (AvgIpc) is 2.73. The first-order chi connectivity index (χ1) is 14.3. The zero-order valence-corrected chi connectivity index (χ0v) is 20.0. The SMILES string of the molecule is CCNC(=NCC(C)(C)CCCc1ccccc1)NC1CCN(S(=O)(=O)CC)CC1. The number of hydrogen-bond acceptors (Lipinski definition) is 3. The molecule has 7 heteroatoms. The molecule has 0 saturated carbocycles. The van der Waals surface area contributed by atoms with E-state index in [0.29, 0.717) is 13.1 Å². The predicted molar refractivity (Wildman–Crippen MR) is 126 cm³/mol. The molecule has 170 valence electrons. The summed E-state index contributed by atoms with van der Waals surface area (Å²) in [6.45, 7) is 11.1. The number of piperidine rings is 1. The van der Waals surface area contributed by atoms with Crippen molar-refractivity contribution in [3.8, 4) is 0 Å². The number of nitrogens with one attached hydrogen (secondary N) is 2. The Kier molecular flexibility index (Phi) is 9.62. The van der Waals surface area contributed by atoms with Crippen molar-refractivity contribution in [3.05, 3.63) is 35.9 Å². The van der Waals surface area contributed by atoms with Crippen molar-refractivity contribution >= 4 is 16.0 Å². The van der Waals surface area contributed by atoms with E-state index in [1.807, 2.05) is 0 Å². The highest BCUT2D eigenvalue weighted by Gasteiger charge is 2.27. The van der Waals surface area contributed by atoms with Gasteiger partial charge in [-0.1, -0.05) is 44.2 Å². The first-order valence-electron chi connectivity index (χ1n) is 11.3. The van der Waals surface area contributed by atoms with Crippen LogP contribution in [0.25, 0.3) is 0 Å². The molecule has 1 aliphatic rings. The van der Waals surface area contributed by atoms with Gasteiger partial charge in [-0.15, -0.1) is 0 Å². The van der Waals surface area contributed by atoms with Crippen molar-refractivity contribution in [2.75, 3.05) is 31.9 Å². The number of guanidine groups is 1. The Balaban J connectivity index is 1.83.